The Morgan fingerprint density at radius 2 is 2.29 bits per heavy atom. The van der Waals surface area contributed by atoms with Gasteiger partial charge in [0.05, 0.1) is 29.8 Å². The van der Waals surface area contributed by atoms with Gasteiger partial charge in [-0.05, 0) is 19.3 Å². The van der Waals surface area contributed by atoms with Crippen molar-refractivity contribution in [2.24, 2.45) is 5.92 Å². The Kier molecular flexibility index (Phi) is 2.20. The molecule has 0 radical (unpaired) electrons. The molecule has 1 aliphatic rings. The van der Waals surface area contributed by atoms with Gasteiger partial charge < -0.3 is 0 Å². The van der Waals surface area contributed by atoms with Crippen LogP contribution in [0.25, 0.3) is 0 Å². The van der Waals surface area contributed by atoms with Gasteiger partial charge in [0, 0.05) is 6.20 Å². The molecule has 2 rings (SSSR count). The van der Waals surface area contributed by atoms with E-state index in [1.54, 1.807) is 17.1 Å². The molecule has 0 aromatic carbocycles. The van der Waals surface area contributed by atoms with Crippen LogP contribution in [0.1, 0.15) is 30.9 Å². The van der Waals surface area contributed by atoms with Gasteiger partial charge in [-0.25, -0.2) is 0 Å². The minimum Gasteiger partial charge on any atom is -0.267 e. The van der Waals surface area contributed by atoms with Gasteiger partial charge in [0.15, 0.2) is 0 Å². The summed E-state index contributed by atoms with van der Waals surface area (Å²) in [4.78, 5) is 0. The van der Waals surface area contributed by atoms with Gasteiger partial charge in [0.2, 0.25) is 0 Å². The second kappa shape index (κ2) is 3.51. The second-order valence-electron chi connectivity index (χ2n) is 3.55. The Balaban J connectivity index is 2.23. The smallest absolute Gasteiger partial charge is 0.102 e. The highest BCUT2D eigenvalue weighted by Crippen LogP contribution is 2.34. The zero-order valence-corrected chi connectivity index (χ0v) is 7.72. The first-order chi connectivity index (χ1) is 6.85. The van der Waals surface area contributed by atoms with Crippen LogP contribution in [-0.2, 0) is 0 Å². The van der Waals surface area contributed by atoms with Gasteiger partial charge in [0.1, 0.15) is 6.07 Å². The summed E-state index contributed by atoms with van der Waals surface area (Å²) in [6, 6.07) is 4.50. The molecule has 1 aliphatic carbocycles. The molecule has 0 aliphatic heterocycles. The van der Waals surface area contributed by atoms with Gasteiger partial charge in [0.25, 0.3) is 0 Å². The van der Waals surface area contributed by atoms with E-state index < -0.39 is 0 Å². The lowest BCUT2D eigenvalue weighted by atomic mass is 10.1. The lowest BCUT2D eigenvalue weighted by molar-refractivity contribution is 0.409. The molecule has 14 heavy (non-hydrogen) atoms. The van der Waals surface area contributed by atoms with Gasteiger partial charge in [-0.1, -0.05) is 0 Å². The van der Waals surface area contributed by atoms with Crippen LogP contribution >= 0.6 is 0 Å². The minimum absolute atomic E-state index is 0.0569. The summed E-state index contributed by atoms with van der Waals surface area (Å²) in [6.07, 6.45) is 6.28. The van der Waals surface area contributed by atoms with Gasteiger partial charge in [-0.15, -0.1) is 0 Å². The van der Waals surface area contributed by atoms with E-state index in [1.165, 1.54) is 0 Å². The summed E-state index contributed by atoms with van der Waals surface area (Å²) in [5.41, 5.74) is 0.564. The Hall–Kier alpha value is -1.81. The minimum atomic E-state index is 0.0569. The van der Waals surface area contributed by atoms with Crippen LogP contribution < -0.4 is 0 Å². The van der Waals surface area contributed by atoms with Gasteiger partial charge in [-0.3, -0.25) is 4.68 Å². The lowest BCUT2D eigenvalue weighted by Crippen LogP contribution is -2.12. The Morgan fingerprint density at radius 3 is 2.93 bits per heavy atom. The highest BCUT2D eigenvalue weighted by atomic mass is 15.3. The molecule has 70 valence electrons. The third-order valence-corrected chi connectivity index (χ3v) is 2.72. The molecule has 2 atom stereocenters. The summed E-state index contributed by atoms with van der Waals surface area (Å²) in [5, 5.41) is 21.7. The molecule has 1 aromatic rings. The predicted octanol–water partition coefficient (Wildman–Crippen LogP) is 1.62. The highest BCUT2D eigenvalue weighted by Gasteiger charge is 2.29. The first kappa shape index (κ1) is 8.77. The number of hydrogen-bond acceptors (Lipinski definition) is 3. The molecule has 4 nitrogen and oxygen atoms in total. The molecule has 0 bridgehead atoms. The summed E-state index contributed by atoms with van der Waals surface area (Å²) in [6.45, 7) is 0. The number of aromatic nitrogens is 2. The largest absolute Gasteiger partial charge is 0.267 e. The zero-order chi connectivity index (χ0) is 9.97. The van der Waals surface area contributed by atoms with E-state index >= 15 is 0 Å². The maximum absolute atomic E-state index is 8.91. The second-order valence-corrected chi connectivity index (χ2v) is 3.55. The van der Waals surface area contributed by atoms with E-state index in [-0.39, 0.29) is 12.0 Å². The summed E-state index contributed by atoms with van der Waals surface area (Å²) in [7, 11) is 0. The van der Waals surface area contributed by atoms with Crippen molar-refractivity contribution >= 4 is 0 Å². The molecule has 1 heterocycles. The number of hydrogen-bond donors (Lipinski definition) is 0. The van der Waals surface area contributed by atoms with Crippen molar-refractivity contribution in [1.29, 1.82) is 10.5 Å². The molecule has 0 N–H and O–H groups in total. The van der Waals surface area contributed by atoms with Gasteiger partial charge >= 0.3 is 0 Å². The average Bonchev–Trinajstić information content (AvgIpc) is 2.85. The molecule has 1 saturated carbocycles. The van der Waals surface area contributed by atoms with E-state index in [1.807, 2.05) is 6.07 Å². The van der Waals surface area contributed by atoms with E-state index in [2.05, 4.69) is 11.2 Å². The van der Waals surface area contributed by atoms with Crippen molar-refractivity contribution in [2.45, 2.75) is 25.3 Å². The standard InChI is InChI=1S/C10H10N4/c11-4-8-6-13-14(7-8)10-3-1-2-9(10)5-12/h6-7,9-10H,1-3H2. The number of nitrogens with zero attached hydrogens (tertiary/aromatic N) is 4. The predicted molar refractivity (Wildman–Crippen MR) is 48.9 cm³/mol. The molecule has 0 saturated heterocycles. The van der Waals surface area contributed by atoms with E-state index in [9.17, 15) is 0 Å². The Labute approximate surface area is 82.4 Å². The maximum atomic E-state index is 8.91. The van der Waals surface area contributed by atoms with E-state index in [0.29, 0.717) is 5.56 Å². The Bertz CT molecular complexity index is 406. The molecule has 0 spiro atoms. The monoisotopic (exact) mass is 186 g/mol. The van der Waals surface area contributed by atoms with Crippen molar-refractivity contribution in [3.63, 3.8) is 0 Å². The van der Waals surface area contributed by atoms with Crippen molar-refractivity contribution in [2.75, 3.05) is 0 Å². The molecule has 1 aromatic heterocycles. The number of rotatable bonds is 1. The van der Waals surface area contributed by atoms with Crippen LogP contribution in [0, 0.1) is 28.6 Å². The fraction of sp³-hybridized carbons (Fsp3) is 0.500. The number of nitriles is 2. The first-order valence-electron chi connectivity index (χ1n) is 4.69. The highest BCUT2D eigenvalue weighted by molar-refractivity contribution is 5.22. The fourth-order valence-electron chi connectivity index (χ4n) is 1.98. The SMILES string of the molecule is N#Cc1cnn(C2CCCC2C#N)c1. The van der Waals surface area contributed by atoms with E-state index in [0.717, 1.165) is 19.3 Å². The van der Waals surface area contributed by atoms with Crippen molar-refractivity contribution in [1.82, 2.24) is 9.78 Å². The van der Waals surface area contributed by atoms with Crippen LogP contribution in [0.15, 0.2) is 12.4 Å². The van der Waals surface area contributed by atoms with Crippen LogP contribution in [0.2, 0.25) is 0 Å². The molecular formula is C10H10N4. The maximum Gasteiger partial charge on any atom is 0.102 e. The summed E-state index contributed by atoms with van der Waals surface area (Å²) >= 11 is 0. The van der Waals surface area contributed by atoms with E-state index in [4.69, 9.17) is 10.5 Å². The van der Waals surface area contributed by atoms with Crippen LogP contribution in [-0.4, -0.2) is 9.78 Å². The summed E-state index contributed by atoms with van der Waals surface area (Å²) in [5.74, 6) is 0.0569. The van der Waals surface area contributed by atoms with Crippen molar-refractivity contribution in [3.8, 4) is 12.1 Å². The zero-order valence-electron chi connectivity index (χ0n) is 7.72. The van der Waals surface area contributed by atoms with Gasteiger partial charge in [-0.2, -0.15) is 15.6 Å². The Morgan fingerprint density at radius 1 is 1.43 bits per heavy atom. The van der Waals surface area contributed by atoms with Crippen molar-refractivity contribution in [3.05, 3.63) is 18.0 Å². The summed E-state index contributed by atoms with van der Waals surface area (Å²) < 4.78 is 1.76. The third-order valence-electron chi connectivity index (χ3n) is 2.72. The fourth-order valence-corrected chi connectivity index (χ4v) is 1.98. The first-order valence-corrected chi connectivity index (χ1v) is 4.69. The average molecular weight is 186 g/mol. The quantitative estimate of drug-likeness (QED) is 0.669. The van der Waals surface area contributed by atoms with Crippen LogP contribution in [0.4, 0.5) is 0 Å². The molecule has 0 amide bonds. The topological polar surface area (TPSA) is 65.4 Å². The van der Waals surface area contributed by atoms with Crippen LogP contribution in [0.5, 0.6) is 0 Å². The third kappa shape index (κ3) is 1.36. The van der Waals surface area contributed by atoms with Crippen LogP contribution in [0.3, 0.4) is 0 Å². The normalized spacial score (nSPS) is 25.6. The van der Waals surface area contributed by atoms with Crippen molar-refractivity contribution < 1.29 is 0 Å². The molecule has 4 heteroatoms. The lowest BCUT2D eigenvalue weighted by Gasteiger charge is -2.12. The molecule has 2 unspecified atom stereocenters. The molecular weight excluding hydrogens is 176 g/mol. The molecule has 1 fully saturated rings.